The molecule has 1 aliphatic rings. The molecule has 1 fully saturated rings. The maximum absolute atomic E-state index is 13.6. The molecule has 1 aromatic rings. The van der Waals surface area contributed by atoms with Crippen molar-refractivity contribution in [2.45, 2.75) is 11.7 Å². The van der Waals surface area contributed by atoms with Crippen LogP contribution in [0.1, 0.15) is 12.0 Å². The second-order valence-corrected chi connectivity index (χ2v) is 6.03. The molecule has 2 N–H and O–H groups in total. The number of amidine groups is 1. The minimum Gasteiger partial charge on any atom is -0.481 e. The van der Waals surface area contributed by atoms with Crippen LogP contribution in [0.25, 0.3) is 0 Å². The van der Waals surface area contributed by atoms with Crippen LogP contribution in [0.3, 0.4) is 0 Å². The third-order valence-electron chi connectivity index (χ3n) is 2.46. The zero-order valence-electron chi connectivity index (χ0n) is 10.4. The maximum Gasteiger partial charge on any atom is 0.305 e. The van der Waals surface area contributed by atoms with E-state index >= 15 is 0 Å². The van der Waals surface area contributed by atoms with Gasteiger partial charge in [0.15, 0.2) is 5.17 Å². The lowest BCUT2D eigenvalue weighted by atomic mass is 10.2. The largest absolute Gasteiger partial charge is 0.481 e. The van der Waals surface area contributed by atoms with Gasteiger partial charge in [-0.25, -0.2) is 4.39 Å². The van der Waals surface area contributed by atoms with Gasteiger partial charge in [-0.05, 0) is 22.0 Å². The minimum absolute atomic E-state index is 0.193. The van der Waals surface area contributed by atoms with Crippen molar-refractivity contribution in [1.29, 1.82) is 0 Å². The Morgan fingerprint density at radius 1 is 1.57 bits per heavy atom. The number of halogens is 2. The van der Waals surface area contributed by atoms with Crippen molar-refractivity contribution in [2.75, 3.05) is 0 Å². The first kappa shape index (κ1) is 15.6. The van der Waals surface area contributed by atoms with Crippen molar-refractivity contribution in [3.63, 3.8) is 0 Å². The number of aliphatic carboxylic acids is 1. The Morgan fingerprint density at radius 2 is 2.33 bits per heavy atom. The number of amides is 1. The van der Waals surface area contributed by atoms with Gasteiger partial charge in [-0.15, -0.1) is 5.10 Å². The Balaban J connectivity index is 2.05. The third kappa shape index (κ3) is 4.11. The predicted molar refractivity (Wildman–Crippen MR) is 80.9 cm³/mol. The van der Waals surface area contributed by atoms with Gasteiger partial charge in [-0.3, -0.25) is 9.59 Å². The van der Waals surface area contributed by atoms with Gasteiger partial charge < -0.3 is 10.4 Å². The second kappa shape index (κ2) is 6.81. The van der Waals surface area contributed by atoms with Crippen molar-refractivity contribution in [1.82, 2.24) is 5.32 Å². The van der Waals surface area contributed by atoms with Gasteiger partial charge in [0, 0.05) is 5.56 Å². The number of nitrogens with one attached hydrogen (secondary N) is 1. The number of thioether (sulfide) groups is 1. The lowest BCUT2D eigenvalue weighted by Crippen LogP contribution is -2.26. The molecular weight excluding hydrogens is 365 g/mol. The van der Waals surface area contributed by atoms with Crippen LogP contribution < -0.4 is 5.32 Å². The van der Waals surface area contributed by atoms with E-state index in [0.29, 0.717) is 4.47 Å². The summed E-state index contributed by atoms with van der Waals surface area (Å²) in [6.45, 7) is 0. The van der Waals surface area contributed by atoms with Crippen molar-refractivity contribution in [3.05, 3.63) is 34.1 Å². The molecule has 6 nitrogen and oxygen atoms in total. The molecule has 1 amide bonds. The number of benzene rings is 1. The van der Waals surface area contributed by atoms with E-state index < -0.39 is 22.9 Å². The molecule has 1 aromatic carbocycles. The van der Waals surface area contributed by atoms with Gasteiger partial charge in [0.2, 0.25) is 5.91 Å². The number of carboxylic acids is 1. The molecule has 0 radical (unpaired) electrons. The Hall–Kier alpha value is -1.74. The standard InChI is InChI=1S/C12H9BrFN3O3S/c13-7-3-1-2-6(10(7)14)5-15-17-12-16-11(20)8(21-12)4-9(18)19/h1-3,5,8H,4H2,(H,18,19)(H,16,17,20). The summed E-state index contributed by atoms with van der Waals surface area (Å²) in [5, 5.41) is 18.0. The van der Waals surface area contributed by atoms with Gasteiger partial charge in [0.05, 0.1) is 17.1 Å². The zero-order valence-corrected chi connectivity index (χ0v) is 12.8. The van der Waals surface area contributed by atoms with Crippen molar-refractivity contribution in [2.24, 2.45) is 10.2 Å². The van der Waals surface area contributed by atoms with E-state index in [-0.39, 0.29) is 17.2 Å². The summed E-state index contributed by atoms with van der Waals surface area (Å²) >= 11 is 4.03. The van der Waals surface area contributed by atoms with Gasteiger partial charge in [0.1, 0.15) is 11.1 Å². The SMILES string of the molecule is O=C(O)CC1SC(=NN=Cc2cccc(Br)c2F)NC1=O. The fourth-order valence-corrected chi connectivity index (χ4v) is 2.81. The molecule has 0 aliphatic carbocycles. The predicted octanol–water partition coefficient (Wildman–Crippen LogP) is 1.98. The molecule has 1 aliphatic heterocycles. The quantitative estimate of drug-likeness (QED) is 0.623. The summed E-state index contributed by atoms with van der Waals surface area (Å²) in [5.74, 6) is -1.96. The highest BCUT2D eigenvalue weighted by Crippen LogP contribution is 2.22. The minimum atomic E-state index is -1.07. The van der Waals surface area contributed by atoms with Crippen LogP contribution in [0.15, 0.2) is 32.9 Å². The fourth-order valence-electron chi connectivity index (χ4n) is 1.51. The number of carboxylic acid groups (broad SMARTS) is 1. The summed E-state index contributed by atoms with van der Waals surface area (Å²) in [5.41, 5.74) is 0.241. The molecule has 21 heavy (non-hydrogen) atoms. The molecule has 0 bridgehead atoms. The lowest BCUT2D eigenvalue weighted by molar-refractivity contribution is -0.138. The highest BCUT2D eigenvalue weighted by Gasteiger charge is 2.32. The first-order valence-electron chi connectivity index (χ1n) is 5.71. The van der Waals surface area contributed by atoms with Crippen molar-refractivity contribution in [3.8, 4) is 0 Å². The molecular formula is C12H9BrFN3O3S. The Bertz CT molecular complexity index is 651. The summed E-state index contributed by atoms with van der Waals surface area (Å²) in [7, 11) is 0. The normalized spacial score (nSPS) is 20.2. The molecule has 9 heteroatoms. The molecule has 0 spiro atoms. The first-order chi connectivity index (χ1) is 9.97. The summed E-state index contributed by atoms with van der Waals surface area (Å²) in [6.07, 6.45) is 0.920. The molecule has 1 atom stereocenters. The van der Waals surface area contributed by atoms with Crippen LogP contribution in [0.4, 0.5) is 4.39 Å². The topological polar surface area (TPSA) is 91.1 Å². The van der Waals surface area contributed by atoms with Gasteiger partial charge >= 0.3 is 5.97 Å². The van der Waals surface area contributed by atoms with E-state index in [1.807, 2.05) is 0 Å². The molecule has 1 unspecified atom stereocenters. The highest BCUT2D eigenvalue weighted by atomic mass is 79.9. The Morgan fingerprint density at radius 3 is 3.05 bits per heavy atom. The molecule has 0 saturated carbocycles. The van der Waals surface area contributed by atoms with Gasteiger partial charge in [0.25, 0.3) is 0 Å². The number of hydrogen-bond donors (Lipinski definition) is 2. The Labute approximate surface area is 131 Å². The van der Waals surface area contributed by atoms with Crippen LogP contribution in [0.5, 0.6) is 0 Å². The summed E-state index contributed by atoms with van der Waals surface area (Å²) < 4.78 is 14.0. The summed E-state index contributed by atoms with van der Waals surface area (Å²) in [4.78, 5) is 22.0. The highest BCUT2D eigenvalue weighted by molar-refractivity contribution is 9.10. The number of nitrogens with zero attached hydrogens (tertiary/aromatic N) is 2. The van der Waals surface area contributed by atoms with Gasteiger partial charge in [-0.1, -0.05) is 23.9 Å². The van der Waals surface area contributed by atoms with Crippen LogP contribution in [-0.4, -0.2) is 33.6 Å². The second-order valence-electron chi connectivity index (χ2n) is 3.99. The molecule has 1 heterocycles. The lowest BCUT2D eigenvalue weighted by Gasteiger charge is -1.98. The maximum atomic E-state index is 13.6. The number of rotatable bonds is 4. The number of carbonyl (C=O) groups is 2. The number of carbonyl (C=O) groups excluding carboxylic acids is 1. The van der Waals surface area contributed by atoms with E-state index in [4.69, 9.17) is 5.11 Å². The molecule has 110 valence electrons. The average molecular weight is 374 g/mol. The monoisotopic (exact) mass is 373 g/mol. The Kier molecular flexibility index (Phi) is 5.07. The molecule has 1 saturated heterocycles. The van der Waals surface area contributed by atoms with E-state index in [9.17, 15) is 14.0 Å². The smallest absolute Gasteiger partial charge is 0.305 e. The van der Waals surface area contributed by atoms with E-state index in [0.717, 1.165) is 11.8 Å². The first-order valence-corrected chi connectivity index (χ1v) is 7.39. The van der Waals surface area contributed by atoms with E-state index in [1.54, 1.807) is 12.1 Å². The van der Waals surface area contributed by atoms with Crippen LogP contribution in [-0.2, 0) is 9.59 Å². The van der Waals surface area contributed by atoms with Crippen LogP contribution >= 0.6 is 27.7 Å². The molecule has 2 rings (SSSR count). The summed E-state index contributed by atoms with van der Waals surface area (Å²) in [6, 6.07) is 4.73. The zero-order chi connectivity index (χ0) is 15.4. The third-order valence-corrected chi connectivity index (χ3v) is 4.15. The van der Waals surface area contributed by atoms with Crippen molar-refractivity contribution >= 4 is 51.0 Å². The van der Waals surface area contributed by atoms with Crippen LogP contribution in [0.2, 0.25) is 0 Å². The van der Waals surface area contributed by atoms with Gasteiger partial charge in [-0.2, -0.15) is 5.10 Å². The van der Waals surface area contributed by atoms with Crippen LogP contribution in [0, 0.1) is 5.82 Å². The van der Waals surface area contributed by atoms with Crippen molar-refractivity contribution < 1.29 is 19.1 Å². The van der Waals surface area contributed by atoms with E-state index in [1.165, 1.54) is 12.3 Å². The number of hydrogen-bond acceptors (Lipinski definition) is 5. The average Bonchev–Trinajstić information content (AvgIpc) is 2.74. The fraction of sp³-hybridized carbons (Fsp3) is 0.167. The molecule has 0 aromatic heterocycles. The van der Waals surface area contributed by atoms with E-state index in [2.05, 4.69) is 31.4 Å².